The van der Waals surface area contributed by atoms with Crippen molar-refractivity contribution in [1.82, 2.24) is 4.98 Å². The van der Waals surface area contributed by atoms with Crippen LogP contribution in [0.3, 0.4) is 0 Å². The second kappa shape index (κ2) is 8.15. The lowest BCUT2D eigenvalue weighted by Crippen LogP contribution is -2.05. The molecule has 0 aliphatic carbocycles. The molecule has 0 saturated carbocycles. The number of benzene rings is 2. The summed E-state index contributed by atoms with van der Waals surface area (Å²) in [5.41, 5.74) is 1.84. The van der Waals surface area contributed by atoms with E-state index in [1.165, 1.54) is 6.26 Å². The summed E-state index contributed by atoms with van der Waals surface area (Å²) < 4.78 is 16.2. The van der Waals surface area contributed by atoms with Crippen LogP contribution in [0.5, 0.6) is 5.75 Å². The number of oxazole rings is 1. The zero-order valence-electron chi connectivity index (χ0n) is 14.0. The molecule has 1 heterocycles. The average Bonchev–Trinajstić information content (AvgIpc) is 3.16. The Bertz CT molecular complexity index is 809. The molecule has 0 amide bonds. The Morgan fingerprint density at radius 1 is 1.08 bits per heavy atom. The van der Waals surface area contributed by atoms with Gasteiger partial charge in [-0.05, 0) is 36.2 Å². The molecular weight excluding hydrogens is 318 g/mol. The maximum atomic E-state index is 12.1. The van der Waals surface area contributed by atoms with Crippen molar-refractivity contribution in [2.45, 2.75) is 20.0 Å². The minimum Gasteiger partial charge on any atom is -0.494 e. The SMILES string of the molecule is CCCOc1ccc(-c2nc(C(=O)OCc3ccccc3)co2)cc1. The highest BCUT2D eigenvalue weighted by Crippen LogP contribution is 2.22. The molecule has 0 radical (unpaired) electrons. The summed E-state index contributed by atoms with van der Waals surface area (Å²) in [7, 11) is 0. The molecule has 0 bridgehead atoms. The third-order valence-electron chi connectivity index (χ3n) is 3.50. The summed E-state index contributed by atoms with van der Waals surface area (Å²) in [5.74, 6) is 0.648. The van der Waals surface area contributed by atoms with E-state index < -0.39 is 5.97 Å². The summed E-state index contributed by atoms with van der Waals surface area (Å²) in [6, 6.07) is 16.9. The highest BCUT2D eigenvalue weighted by Gasteiger charge is 2.15. The molecular formula is C20H19NO4. The van der Waals surface area contributed by atoms with Crippen molar-refractivity contribution < 1.29 is 18.7 Å². The third-order valence-corrected chi connectivity index (χ3v) is 3.50. The van der Waals surface area contributed by atoms with Crippen LogP contribution in [-0.4, -0.2) is 17.6 Å². The predicted molar refractivity (Wildman–Crippen MR) is 93.3 cm³/mol. The van der Waals surface area contributed by atoms with Crippen LogP contribution in [-0.2, 0) is 11.3 Å². The van der Waals surface area contributed by atoms with Gasteiger partial charge in [0.05, 0.1) is 6.61 Å². The maximum Gasteiger partial charge on any atom is 0.360 e. The molecule has 25 heavy (non-hydrogen) atoms. The summed E-state index contributed by atoms with van der Waals surface area (Å²) in [6.45, 7) is 2.93. The van der Waals surface area contributed by atoms with Crippen LogP contribution in [0.25, 0.3) is 11.5 Å². The smallest absolute Gasteiger partial charge is 0.360 e. The van der Waals surface area contributed by atoms with Gasteiger partial charge in [-0.25, -0.2) is 9.78 Å². The van der Waals surface area contributed by atoms with E-state index in [0.29, 0.717) is 12.5 Å². The van der Waals surface area contributed by atoms with Gasteiger partial charge in [0.1, 0.15) is 18.6 Å². The van der Waals surface area contributed by atoms with E-state index in [2.05, 4.69) is 11.9 Å². The largest absolute Gasteiger partial charge is 0.494 e. The van der Waals surface area contributed by atoms with E-state index in [0.717, 1.165) is 23.3 Å². The van der Waals surface area contributed by atoms with Gasteiger partial charge in [-0.15, -0.1) is 0 Å². The van der Waals surface area contributed by atoms with Crippen molar-refractivity contribution in [3.8, 4) is 17.2 Å². The summed E-state index contributed by atoms with van der Waals surface area (Å²) in [4.78, 5) is 16.3. The summed E-state index contributed by atoms with van der Waals surface area (Å²) >= 11 is 0. The Morgan fingerprint density at radius 2 is 1.84 bits per heavy atom. The molecule has 0 spiro atoms. The third kappa shape index (κ3) is 4.47. The first-order valence-corrected chi connectivity index (χ1v) is 8.16. The Labute approximate surface area is 146 Å². The van der Waals surface area contributed by atoms with Crippen molar-refractivity contribution in [2.24, 2.45) is 0 Å². The molecule has 0 unspecified atom stereocenters. The lowest BCUT2D eigenvalue weighted by molar-refractivity contribution is 0.0465. The number of rotatable bonds is 7. The molecule has 0 fully saturated rings. The normalized spacial score (nSPS) is 10.4. The van der Waals surface area contributed by atoms with E-state index in [9.17, 15) is 4.79 Å². The molecule has 5 nitrogen and oxygen atoms in total. The van der Waals surface area contributed by atoms with Crippen molar-refractivity contribution >= 4 is 5.97 Å². The van der Waals surface area contributed by atoms with Gasteiger partial charge in [0, 0.05) is 5.56 Å². The highest BCUT2D eigenvalue weighted by atomic mass is 16.5. The van der Waals surface area contributed by atoms with E-state index >= 15 is 0 Å². The molecule has 2 aromatic carbocycles. The second-order valence-corrected chi connectivity index (χ2v) is 5.47. The van der Waals surface area contributed by atoms with Crippen LogP contribution < -0.4 is 4.74 Å². The minimum atomic E-state index is -0.512. The fraction of sp³-hybridized carbons (Fsp3) is 0.200. The molecule has 128 valence electrons. The van der Waals surface area contributed by atoms with Gasteiger partial charge < -0.3 is 13.9 Å². The van der Waals surface area contributed by atoms with Crippen LogP contribution in [0, 0.1) is 0 Å². The van der Waals surface area contributed by atoms with E-state index in [-0.39, 0.29) is 12.3 Å². The van der Waals surface area contributed by atoms with E-state index in [4.69, 9.17) is 13.9 Å². The van der Waals surface area contributed by atoms with E-state index in [1.54, 1.807) is 0 Å². The standard InChI is InChI=1S/C20H19NO4/c1-2-12-23-17-10-8-16(9-11-17)19-21-18(14-24-19)20(22)25-13-15-6-4-3-5-7-15/h3-11,14H,2,12-13H2,1H3. The quantitative estimate of drug-likeness (QED) is 0.595. The first-order valence-electron chi connectivity index (χ1n) is 8.16. The monoisotopic (exact) mass is 337 g/mol. The lowest BCUT2D eigenvalue weighted by atomic mass is 10.2. The topological polar surface area (TPSA) is 61.6 Å². The van der Waals surface area contributed by atoms with Gasteiger partial charge in [0.25, 0.3) is 0 Å². The molecule has 0 atom stereocenters. The maximum absolute atomic E-state index is 12.1. The number of nitrogens with zero attached hydrogens (tertiary/aromatic N) is 1. The van der Waals surface area contributed by atoms with Crippen molar-refractivity contribution in [3.05, 3.63) is 72.1 Å². The molecule has 3 aromatic rings. The first-order chi connectivity index (χ1) is 12.3. The summed E-state index contributed by atoms with van der Waals surface area (Å²) in [5, 5.41) is 0. The minimum absolute atomic E-state index is 0.150. The lowest BCUT2D eigenvalue weighted by Gasteiger charge is -2.04. The number of hydrogen-bond acceptors (Lipinski definition) is 5. The van der Waals surface area contributed by atoms with Crippen LogP contribution in [0.4, 0.5) is 0 Å². The zero-order chi connectivity index (χ0) is 17.5. The number of ether oxygens (including phenoxy) is 2. The predicted octanol–water partition coefficient (Wildman–Crippen LogP) is 4.49. The molecule has 0 aliphatic rings. The zero-order valence-corrected chi connectivity index (χ0v) is 14.0. The number of aromatic nitrogens is 1. The Kier molecular flexibility index (Phi) is 5.46. The Balaban J connectivity index is 1.62. The van der Waals surface area contributed by atoms with Crippen LogP contribution >= 0.6 is 0 Å². The number of hydrogen-bond donors (Lipinski definition) is 0. The number of esters is 1. The van der Waals surface area contributed by atoms with Gasteiger partial charge in [0.15, 0.2) is 5.69 Å². The van der Waals surface area contributed by atoms with Crippen LogP contribution in [0.15, 0.2) is 65.3 Å². The van der Waals surface area contributed by atoms with Crippen LogP contribution in [0.2, 0.25) is 0 Å². The Morgan fingerprint density at radius 3 is 2.56 bits per heavy atom. The summed E-state index contributed by atoms with van der Waals surface area (Å²) in [6.07, 6.45) is 2.26. The molecule has 0 aliphatic heterocycles. The van der Waals surface area contributed by atoms with Crippen LogP contribution in [0.1, 0.15) is 29.4 Å². The molecule has 0 N–H and O–H groups in total. The van der Waals surface area contributed by atoms with Gasteiger partial charge in [-0.2, -0.15) is 0 Å². The number of carbonyl (C=O) groups is 1. The van der Waals surface area contributed by atoms with Gasteiger partial charge in [-0.3, -0.25) is 0 Å². The Hall–Kier alpha value is -3.08. The first kappa shape index (κ1) is 16.8. The van der Waals surface area contributed by atoms with Crippen molar-refractivity contribution in [1.29, 1.82) is 0 Å². The van der Waals surface area contributed by atoms with Crippen molar-refractivity contribution in [3.63, 3.8) is 0 Å². The molecule has 5 heteroatoms. The number of carbonyl (C=O) groups excluding carboxylic acids is 1. The molecule has 0 saturated heterocycles. The van der Waals surface area contributed by atoms with E-state index in [1.807, 2.05) is 54.6 Å². The highest BCUT2D eigenvalue weighted by molar-refractivity contribution is 5.87. The molecule has 3 rings (SSSR count). The fourth-order valence-corrected chi connectivity index (χ4v) is 2.21. The molecule has 1 aromatic heterocycles. The van der Waals surface area contributed by atoms with Crippen molar-refractivity contribution in [2.75, 3.05) is 6.61 Å². The fourth-order valence-electron chi connectivity index (χ4n) is 2.21. The second-order valence-electron chi connectivity index (χ2n) is 5.47. The van der Waals surface area contributed by atoms with Gasteiger partial charge >= 0.3 is 5.97 Å². The van der Waals surface area contributed by atoms with Gasteiger partial charge in [0.2, 0.25) is 5.89 Å². The van der Waals surface area contributed by atoms with Gasteiger partial charge in [-0.1, -0.05) is 37.3 Å². The average molecular weight is 337 g/mol.